The standard InChI is InChI=1S/C29H28N6O/c1-17-6-4-8-23-28(22-7-5-9-26-25(22)16-33(3)31-26)32-35(29(17)23)20-10-11-27(30-14-20)34-15-19-12-21(34)13-24(19)18(2)36/h4-11,14,16,19,21,24H,12-13,15H2,1-3H3/t19-,21-,24?/m1/s1. The zero-order chi connectivity index (χ0) is 24.6. The summed E-state index contributed by atoms with van der Waals surface area (Å²) in [6.45, 7) is 4.79. The van der Waals surface area contributed by atoms with Crippen LogP contribution in [-0.4, -0.2) is 42.9 Å². The normalized spacial score (nSPS) is 21.2. The van der Waals surface area contributed by atoms with Gasteiger partial charge in [0.15, 0.2) is 0 Å². The van der Waals surface area contributed by atoms with Crippen LogP contribution in [0.15, 0.2) is 60.9 Å². The second-order valence-electron chi connectivity index (χ2n) is 10.4. The van der Waals surface area contributed by atoms with Crippen LogP contribution in [0.2, 0.25) is 0 Å². The third-order valence-corrected chi connectivity index (χ3v) is 8.16. The van der Waals surface area contributed by atoms with E-state index in [0.717, 1.165) is 64.0 Å². The maximum Gasteiger partial charge on any atom is 0.133 e. The van der Waals surface area contributed by atoms with Crippen LogP contribution in [-0.2, 0) is 11.8 Å². The summed E-state index contributed by atoms with van der Waals surface area (Å²) in [5.74, 6) is 2.02. The van der Waals surface area contributed by atoms with E-state index in [2.05, 4.69) is 59.5 Å². The summed E-state index contributed by atoms with van der Waals surface area (Å²) in [7, 11) is 1.95. The number of piperidine rings is 1. The van der Waals surface area contributed by atoms with E-state index in [4.69, 9.17) is 10.1 Å². The van der Waals surface area contributed by atoms with E-state index in [9.17, 15) is 4.79 Å². The molecule has 7 rings (SSSR count). The number of ketones is 1. The third kappa shape index (κ3) is 3.11. The highest BCUT2D eigenvalue weighted by Crippen LogP contribution is 2.44. The van der Waals surface area contributed by atoms with Crippen LogP contribution in [0.25, 0.3) is 38.8 Å². The van der Waals surface area contributed by atoms with Crippen molar-refractivity contribution >= 4 is 33.4 Å². The lowest BCUT2D eigenvalue weighted by Crippen LogP contribution is -2.37. The van der Waals surface area contributed by atoms with Gasteiger partial charge in [-0.05, 0) is 56.4 Å². The van der Waals surface area contributed by atoms with E-state index in [-0.39, 0.29) is 5.92 Å². The highest BCUT2D eigenvalue weighted by Gasteiger charge is 2.46. The van der Waals surface area contributed by atoms with Crippen LogP contribution in [0.3, 0.4) is 0 Å². The van der Waals surface area contributed by atoms with Crippen LogP contribution < -0.4 is 4.90 Å². The molecule has 180 valence electrons. The number of nitrogens with zero attached hydrogens (tertiary/aromatic N) is 6. The molecule has 1 saturated heterocycles. The predicted molar refractivity (Wildman–Crippen MR) is 141 cm³/mol. The highest BCUT2D eigenvalue weighted by molar-refractivity contribution is 6.03. The maximum absolute atomic E-state index is 11.9. The highest BCUT2D eigenvalue weighted by atomic mass is 16.1. The average Bonchev–Trinajstić information content (AvgIpc) is 3.65. The molecule has 7 nitrogen and oxygen atoms in total. The first-order valence-electron chi connectivity index (χ1n) is 12.6. The molecule has 2 aliphatic rings. The number of hydrogen-bond acceptors (Lipinski definition) is 5. The van der Waals surface area contributed by atoms with Gasteiger partial charge in [-0.1, -0.05) is 30.3 Å². The van der Waals surface area contributed by atoms with Gasteiger partial charge in [0, 0.05) is 48.1 Å². The van der Waals surface area contributed by atoms with Crippen molar-refractivity contribution in [1.82, 2.24) is 24.5 Å². The smallest absolute Gasteiger partial charge is 0.133 e. The van der Waals surface area contributed by atoms with E-state index in [1.165, 1.54) is 5.56 Å². The lowest BCUT2D eigenvalue weighted by atomic mass is 9.91. The molecule has 2 bridgehead atoms. The van der Waals surface area contributed by atoms with Crippen molar-refractivity contribution in [2.75, 3.05) is 11.4 Å². The molecular weight excluding hydrogens is 448 g/mol. The predicted octanol–water partition coefficient (Wildman–Crippen LogP) is 5.09. The van der Waals surface area contributed by atoms with Gasteiger partial charge in [-0.15, -0.1) is 0 Å². The fraction of sp³-hybridized carbons (Fsp3) is 0.310. The number of aryl methyl sites for hydroxylation is 2. The summed E-state index contributed by atoms with van der Waals surface area (Å²) in [6.07, 6.45) is 6.04. The first-order chi connectivity index (χ1) is 17.5. The third-order valence-electron chi connectivity index (χ3n) is 8.16. The Balaban J connectivity index is 1.30. The fourth-order valence-corrected chi connectivity index (χ4v) is 6.49. The molecule has 7 heteroatoms. The van der Waals surface area contributed by atoms with Crippen molar-refractivity contribution in [1.29, 1.82) is 0 Å². The molecule has 0 amide bonds. The molecular formula is C29H28N6O. The Hall–Kier alpha value is -4.00. The average molecular weight is 477 g/mol. The van der Waals surface area contributed by atoms with E-state index < -0.39 is 0 Å². The monoisotopic (exact) mass is 476 g/mol. The zero-order valence-electron chi connectivity index (χ0n) is 20.7. The summed E-state index contributed by atoms with van der Waals surface area (Å²) in [4.78, 5) is 19.2. The molecule has 3 aromatic heterocycles. The van der Waals surface area contributed by atoms with Crippen molar-refractivity contribution < 1.29 is 4.79 Å². The number of rotatable bonds is 4. The molecule has 1 saturated carbocycles. The molecule has 0 N–H and O–H groups in total. The second kappa shape index (κ2) is 7.75. The van der Waals surface area contributed by atoms with Crippen molar-refractivity contribution in [3.8, 4) is 16.9 Å². The number of anilines is 1. The molecule has 3 atom stereocenters. The molecule has 1 aliphatic carbocycles. The number of carbonyl (C=O) groups excluding carboxylic acids is 1. The van der Waals surface area contributed by atoms with Crippen LogP contribution in [0, 0.1) is 18.8 Å². The summed E-state index contributed by atoms with van der Waals surface area (Å²) >= 11 is 0. The number of benzene rings is 2. The van der Waals surface area contributed by atoms with Crippen LogP contribution in [0.1, 0.15) is 25.3 Å². The molecule has 0 radical (unpaired) electrons. The van der Waals surface area contributed by atoms with E-state index in [0.29, 0.717) is 17.7 Å². The zero-order valence-corrected chi connectivity index (χ0v) is 20.7. The van der Waals surface area contributed by atoms with Crippen molar-refractivity contribution in [3.05, 3.63) is 66.5 Å². The minimum atomic E-state index is 0.228. The first-order valence-corrected chi connectivity index (χ1v) is 12.6. The Bertz CT molecular complexity index is 1650. The fourth-order valence-electron chi connectivity index (χ4n) is 6.49. The lowest BCUT2D eigenvalue weighted by molar-refractivity contribution is -0.121. The maximum atomic E-state index is 11.9. The lowest BCUT2D eigenvalue weighted by Gasteiger charge is -2.31. The SMILES string of the molecule is CC(=O)C1C[C@H]2C[C@@H]1CN2c1ccc(-n2nc(-c3cccc4nn(C)cc34)c3cccc(C)c32)cn1. The number of fused-ring (bicyclic) bond motifs is 4. The Morgan fingerprint density at radius 3 is 2.61 bits per heavy atom. The Morgan fingerprint density at radius 2 is 1.86 bits per heavy atom. The molecule has 0 spiro atoms. The topological polar surface area (TPSA) is 68.8 Å². The van der Waals surface area contributed by atoms with Crippen LogP contribution in [0.4, 0.5) is 5.82 Å². The number of Topliss-reactive ketones (excluding diaryl/α,β-unsaturated/α-hetero) is 1. The van der Waals surface area contributed by atoms with Gasteiger partial charge in [0.2, 0.25) is 0 Å². The van der Waals surface area contributed by atoms with Gasteiger partial charge >= 0.3 is 0 Å². The van der Waals surface area contributed by atoms with Gasteiger partial charge in [0.1, 0.15) is 17.3 Å². The number of pyridine rings is 1. The first kappa shape index (κ1) is 21.3. The van der Waals surface area contributed by atoms with Gasteiger partial charge in [0.25, 0.3) is 0 Å². The molecule has 5 aromatic rings. The summed E-state index contributed by atoms with van der Waals surface area (Å²) in [5.41, 5.74) is 6.18. The molecule has 2 fully saturated rings. The number of aromatic nitrogens is 5. The van der Waals surface area contributed by atoms with E-state index >= 15 is 0 Å². The molecule has 2 aromatic carbocycles. The van der Waals surface area contributed by atoms with Crippen molar-refractivity contribution in [2.45, 2.75) is 32.7 Å². The minimum absolute atomic E-state index is 0.228. The Kier molecular flexibility index (Phi) is 4.58. The van der Waals surface area contributed by atoms with Crippen LogP contribution in [0.5, 0.6) is 0 Å². The summed E-state index contributed by atoms with van der Waals surface area (Å²) in [6, 6.07) is 17.2. The van der Waals surface area contributed by atoms with Crippen LogP contribution >= 0.6 is 0 Å². The van der Waals surface area contributed by atoms with Gasteiger partial charge in [-0.3, -0.25) is 9.48 Å². The molecule has 1 aliphatic heterocycles. The van der Waals surface area contributed by atoms with Crippen molar-refractivity contribution in [3.63, 3.8) is 0 Å². The largest absolute Gasteiger partial charge is 0.353 e. The van der Waals surface area contributed by atoms with E-state index in [1.54, 1.807) is 6.92 Å². The van der Waals surface area contributed by atoms with Gasteiger partial charge in [-0.25, -0.2) is 9.67 Å². The van der Waals surface area contributed by atoms with Gasteiger partial charge in [-0.2, -0.15) is 10.2 Å². The summed E-state index contributed by atoms with van der Waals surface area (Å²) in [5, 5.41) is 11.9. The van der Waals surface area contributed by atoms with Gasteiger partial charge in [0.05, 0.1) is 22.9 Å². The number of carbonyl (C=O) groups is 1. The summed E-state index contributed by atoms with van der Waals surface area (Å²) < 4.78 is 3.87. The second-order valence-corrected chi connectivity index (χ2v) is 10.4. The minimum Gasteiger partial charge on any atom is -0.353 e. The number of para-hydroxylation sites is 1. The Morgan fingerprint density at radius 1 is 1.00 bits per heavy atom. The quantitative estimate of drug-likeness (QED) is 0.362. The van der Waals surface area contributed by atoms with Crippen molar-refractivity contribution in [2.24, 2.45) is 18.9 Å². The molecule has 36 heavy (non-hydrogen) atoms. The van der Waals surface area contributed by atoms with Gasteiger partial charge < -0.3 is 4.90 Å². The number of hydrogen-bond donors (Lipinski definition) is 0. The van der Waals surface area contributed by atoms with E-state index in [1.807, 2.05) is 34.7 Å². The molecule has 1 unspecified atom stereocenters. The molecule has 4 heterocycles. The Labute approximate surface area is 209 Å².